The lowest BCUT2D eigenvalue weighted by molar-refractivity contribution is -0.117. The second-order valence-corrected chi connectivity index (χ2v) is 5.52. The van der Waals surface area contributed by atoms with Crippen molar-refractivity contribution in [3.05, 3.63) is 48.3 Å². The van der Waals surface area contributed by atoms with Crippen molar-refractivity contribution in [1.29, 1.82) is 0 Å². The van der Waals surface area contributed by atoms with Gasteiger partial charge in [0.1, 0.15) is 17.3 Å². The number of rotatable bonds is 7. The molecule has 0 atom stereocenters. The van der Waals surface area contributed by atoms with Crippen molar-refractivity contribution in [2.24, 2.45) is 0 Å². The van der Waals surface area contributed by atoms with Gasteiger partial charge in [0.2, 0.25) is 11.8 Å². The monoisotopic (exact) mass is 360 g/mol. The smallest absolute Gasteiger partial charge is 0.226 e. The summed E-state index contributed by atoms with van der Waals surface area (Å²) < 4.78 is 23.6. The van der Waals surface area contributed by atoms with Gasteiger partial charge in [-0.3, -0.25) is 9.59 Å². The van der Waals surface area contributed by atoms with Crippen LogP contribution < -0.4 is 19.7 Å². The minimum Gasteiger partial charge on any atom is -0.497 e. The number of hydrogen-bond donors (Lipinski definition) is 1. The molecule has 7 heteroatoms. The Kier molecular flexibility index (Phi) is 6.54. The lowest BCUT2D eigenvalue weighted by Crippen LogP contribution is -2.32. The molecule has 2 aromatic carbocycles. The fraction of sp³-hybridized carbons (Fsp3) is 0.263. The van der Waals surface area contributed by atoms with Crippen molar-refractivity contribution >= 4 is 23.2 Å². The fourth-order valence-electron chi connectivity index (χ4n) is 2.46. The first-order chi connectivity index (χ1) is 12.4. The quantitative estimate of drug-likeness (QED) is 0.823. The third kappa shape index (κ3) is 4.95. The van der Waals surface area contributed by atoms with E-state index in [1.807, 2.05) is 0 Å². The first-order valence-corrected chi connectivity index (χ1v) is 8.00. The second kappa shape index (κ2) is 8.84. The molecular formula is C19H21FN2O4. The predicted octanol–water partition coefficient (Wildman–Crippen LogP) is 3.22. The largest absolute Gasteiger partial charge is 0.497 e. The second-order valence-electron chi connectivity index (χ2n) is 5.52. The van der Waals surface area contributed by atoms with E-state index in [2.05, 4.69) is 5.32 Å². The van der Waals surface area contributed by atoms with Gasteiger partial charge in [-0.2, -0.15) is 0 Å². The molecule has 0 unspecified atom stereocenters. The SMILES string of the molecule is COc1ccc(N(CCC(=O)Nc2cccc(F)c2)C(C)=O)c(OC)c1. The Morgan fingerprint density at radius 2 is 1.88 bits per heavy atom. The van der Waals surface area contributed by atoms with Gasteiger partial charge in [0.05, 0.1) is 19.9 Å². The normalized spacial score (nSPS) is 10.2. The molecule has 0 aliphatic carbocycles. The molecular weight excluding hydrogens is 339 g/mol. The zero-order chi connectivity index (χ0) is 19.1. The highest BCUT2D eigenvalue weighted by Crippen LogP contribution is 2.32. The molecule has 0 aliphatic rings. The van der Waals surface area contributed by atoms with Crippen LogP contribution in [-0.2, 0) is 9.59 Å². The van der Waals surface area contributed by atoms with Crippen LogP contribution in [0.5, 0.6) is 11.5 Å². The van der Waals surface area contributed by atoms with E-state index in [1.54, 1.807) is 24.3 Å². The molecule has 0 spiro atoms. The number of halogens is 1. The zero-order valence-electron chi connectivity index (χ0n) is 14.9. The Labute approximate surface area is 151 Å². The van der Waals surface area contributed by atoms with Gasteiger partial charge in [-0.15, -0.1) is 0 Å². The maximum Gasteiger partial charge on any atom is 0.226 e. The number of methoxy groups -OCH3 is 2. The van der Waals surface area contributed by atoms with Crippen molar-refractivity contribution < 1.29 is 23.5 Å². The van der Waals surface area contributed by atoms with E-state index in [-0.39, 0.29) is 24.8 Å². The molecule has 0 saturated carbocycles. The third-order valence-corrected chi connectivity index (χ3v) is 3.73. The van der Waals surface area contributed by atoms with Crippen LogP contribution >= 0.6 is 0 Å². The Balaban J connectivity index is 2.09. The number of hydrogen-bond acceptors (Lipinski definition) is 4. The summed E-state index contributed by atoms with van der Waals surface area (Å²) in [4.78, 5) is 25.6. The number of nitrogens with zero attached hydrogens (tertiary/aromatic N) is 1. The highest BCUT2D eigenvalue weighted by molar-refractivity contribution is 5.95. The Bertz CT molecular complexity index is 795. The van der Waals surface area contributed by atoms with E-state index in [0.29, 0.717) is 22.9 Å². The van der Waals surface area contributed by atoms with Crippen molar-refractivity contribution in [3.63, 3.8) is 0 Å². The summed E-state index contributed by atoms with van der Waals surface area (Å²) in [5, 5.41) is 2.61. The van der Waals surface area contributed by atoms with E-state index < -0.39 is 5.82 Å². The van der Waals surface area contributed by atoms with Gasteiger partial charge in [0, 0.05) is 31.6 Å². The number of carbonyl (C=O) groups is 2. The summed E-state index contributed by atoms with van der Waals surface area (Å²) in [6, 6.07) is 10.7. The minimum absolute atomic E-state index is 0.0469. The highest BCUT2D eigenvalue weighted by atomic mass is 19.1. The summed E-state index contributed by atoms with van der Waals surface area (Å²) in [6.45, 7) is 1.56. The van der Waals surface area contributed by atoms with Gasteiger partial charge in [-0.1, -0.05) is 6.07 Å². The number of anilines is 2. The molecule has 1 N–H and O–H groups in total. The first-order valence-electron chi connectivity index (χ1n) is 8.00. The Morgan fingerprint density at radius 3 is 2.50 bits per heavy atom. The molecule has 0 heterocycles. The van der Waals surface area contributed by atoms with Gasteiger partial charge >= 0.3 is 0 Å². The summed E-state index contributed by atoms with van der Waals surface area (Å²) in [6.07, 6.45) is 0.0469. The molecule has 0 radical (unpaired) electrons. The first kappa shape index (κ1) is 19.2. The van der Waals surface area contributed by atoms with E-state index in [0.717, 1.165) is 0 Å². The van der Waals surface area contributed by atoms with Crippen LogP contribution in [0.3, 0.4) is 0 Å². The molecule has 6 nitrogen and oxygen atoms in total. The van der Waals surface area contributed by atoms with Crippen molar-refractivity contribution in [2.45, 2.75) is 13.3 Å². The molecule has 26 heavy (non-hydrogen) atoms. The topological polar surface area (TPSA) is 67.9 Å². The number of amides is 2. The van der Waals surface area contributed by atoms with Crippen LogP contribution in [0.4, 0.5) is 15.8 Å². The molecule has 0 aliphatic heterocycles. The number of carbonyl (C=O) groups excluding carboxylic acids is 2. The van der Waals surface area contributed by atoms with Gasteiger partial charge in [0.25, 0.3) is 0 Å². The van der Waals surface area contributed by atoms with Crippen LogP contribution in [0.15, 0.2) is 42.5 Å². The van der Waals surface area contributed by atoms with Crippen molar-refractivity contribution in [3.8, 4) is 11.5 Å². The van der Waals surface area contributed by atoms with E-state index in [1.165, 1.54) is 44.2 Å². The molecule has 0 saturated heterocycles. The van der Waals surface area contributed by atoms with Crippen LogP contribution in [0.25, 0.3) is 0 Å². The van der Waals surface area contributed by atoms with Crippen LogP contribution in [0.1, 0.15) is 13.3 Å². The maximum absolute atomic E-state index is 13.2. The standard InChI is InChI=1S/C19H21FN2O4/c1-13(23)22(17-8-7-16(25-2)12-18(17)26-3)10-9-19(24)21-15-6-4-5-14(20)11-15/h4-8,11-12H,9-10H2,1-3H3,(H,21,24). The molecule has 2 aromatic rings. The predicted molar refractivity (Wildman–Crippen MR) is 97.2 cm³/mol. The molecule has 2 amide bonds. The zero-order valence-corrected chi connectivity index (χ0v) is 14.9. The van der Waals surface area contributed by atoms with Gasteiger partial charge in [-0.05, 0) is 30.3 Å². The summed E-state index contributed by atoms with van der Waals surface area (Å²) in [7, 11) is 3.03. The minimum atomic E-state index is -0.434. The van der Waals surface area contributed by atoms with Crippen LogP contribution in [-0.4, -0.2) is 32.6 Å². The van der Waals surface area contributed by atoms with Crippen LogP contribution in [0, 0.1) is 5.82 Å². The summed E-state index contributed by atoms with van der Waals surface area (Å²) in [5.74, 6) is 0.0699. The average molecular weight is 360 g/mol. The van der Waals surface area contributed by atoms with E-state index in [4.69, 9.17) is 9.47 Å². The van der Waals surface area contributed by atoms with Crippen LogP contribution in [0.2, 0.25) is 0 Å². The Hall–Kier alpha value is -3.09. The number of benzene rings is 2. The average Bonchev–Trinajstić information content (AvgIpc) is 2.61. The third-order valence-electron chi connectivity index (χ3n) is 3.73. The maximum atomic E-state index is 13.2. The molecule has 2 rings (SSSR count). The lowest BCUT2D eigenvalue weighted by Gasteiger charge is -2.23. The van der Waals surface area contributed by atoms with Gasteiger partial charge in [0.15, 0.2) is 0 Å². The number of ether oxygens (including phenoxy) is 2. The van der Waals surface area contributed by atoms with Gasteiger partial charge < -0.3 is 19.7 Å². The fourth-order valence-corrected chi connectivity index (χ4v) is 2.46. The summed E-state index contributed by atoms with van der Waals surface area (Å²) >= 11 is 0. The van der Waals surface area contributed by atoms with E-state index >= 15 is 0 Å². The van der Waals surface area contributed by atoms with E-state index in [9.17, 15) is 14.0 Å². The van der Waals surface area contributed by atoms with Crippen molar-refractivity contribution in [1.82, 2.24) is 0 Å². The molecule has 0 aromatic heterocycles. The van der Waals surface area contributed by atoms with Gasteiger partial charge in [-0.25, -0.2) is 4.39 Å². The molecule has 0 bridgehead atoms. The van der Waals surface area contributed by atoms with Crippen molar-refractivity contribution in [2.75, 3.05) is 31.0 Å². The Morgan fingerprint density at radius 1 is 1.12 bits per heavy atom. The molecule has 0 fully saturated rings. The number of nitrogens with one attached hydrogen (secondary N) is 1. The molecule has 138 valence electrons. The summed E-state index contributed by atoms with van der Waals surface area (Å²) in [5.41, 5.74) is 0.908. The lowest BCUT2D eigenvalue weighted by atomic mass is 10.2. The highest BCUT2D eigenvalue weighted by Gasteiger charge is 2.18.